The fourth-order valence-corrected chi connectivity index (χ4v) is 2.37. The van der Waals surface area contributed by atoms with Crippen molar-refractivity contribution in [3.63, 3.8) is 0 Å². The highest BCUT2D eigenvalue weighted by atomic mass is 32.1. The van der Waals surface area contributed by atoms with Crippen LogP contribution >= 0.6 is 11.3 Å². The van der Waals surface area contributed by atoms with Crippen molar-refractivity contribution in [2.24, 2.45) is 0 Å². The van der Waals surface area contributed by atoms with E-state index in [0.717, 1.165) is 10.4 Å². The summed E-state index contributed by atoms with van der Waals surface area (Å²) < 4.78 is 0. The summed E-state index contributed by atoms with van der Waals surface area (Å²) in [5.41, 5.74) is 1.08. The van der Waals surface area contributed by atoms with Gasteiger partial charge in [-0.05, 0) is 17.0 Å². The van der Waals surface area contributed by atoms with E-state index in [4.69, 9.17) is 5.11 Å². The number of thiophene rings is 1. The molecule has 1 aromatic carbocycles. The number of carbonyl (C=O) groups is 1. The first-order chi connectivity index (χ1) is 8.27. The van der Waals surface area contributed by atoms with Crippen LogP contribution in [0.25, 0.3) is 0 Å². The van der Waals surface area contributed by atoms with Crippen LogP contribution in [0.15, 0.2) is 47.8 Å². The number of carboxylic acid groups (broad SMARTS) is 1. The van der Waals surface area contributed by atoms with Crippen LogP contribution in [0.1, 0.15) is 16.5 Å². The summed E-state index contributed by atoms with van der Waals surface area (Å²) in [6.45, 7) is 0.551. The van der Waals surface area contributed by atoms with Crippen molar-refractivity contribution in [1.29, 1.82) is 0 Å². The molecular formula is C13H13NO2S. The molecule has 1 aromatic heterocycles. The van der Waals surface area contributed by atoms with Gasteiger partial charge in [-0.25, -0.2) is 0 Å². The minimum absolute atomic E-state index is 0.551. The number of carboxylic acids is 1. The van der Waals surface area contributed by atoms with Gasteiger partial charge in [-0.1, -0.05) is 36.4 Å². The van der Waals surface area contributed by atoms with Crippen molar-refractivity contribution >= 4 is 17.3 Å². The van der Waals surface area contributed by atoms with E-state index in [9.17, 15) is 4.79 Å². The van der Waals surface area contributed by atoms with Gasteiger partial charge in [0.25, 0.3) is 0 Å². The van der Waals surface area contributed by atoms with E-state index in [-0.39, 0.29) is 0 Å². The molecule has 1 unspecified atom stereocenters. The molecule has 4 heteroatoms. The van der Waals surface area contributed by atoms with Crippen molar-refractivity contribution in [2.75, 3.05) is 0 Å². The molecule has 0 aliphatic carbocycles. The fraction of sp³-hybridized carbons (Fsp3) is 0.154. The maximum Gasteiger partial charge on any atom is 0.326 e. The largest absolute Gasteiger partial charge is 0.480 e. The van der Waals surface area contributed by atoms with E-state index in [0.29, 0.717) is 6.54 Å². The van der Waals surface area contributed by atoms with Gasteiger partial charge in [0.2, 0.25) is 0 Å². The zero-order chi connectivity index (χ0) is 12.1. The molecule has 17 heavy (non-hydrogen) atoms. The summed E-state index contributed by atoms with van der Waals surface area (Å²) in [6.07, 6.45) is 0. The first-order valence-electron chi connectivity index (χ1n) is 5.31. The average Bonchev–Trinajstić information content (AvgIpc) is 2.84. The first-order valence-corrected chi connectivity index (χ1v) is 6.19. The van der Waals surface area contributed by atoms with Crippen LogP contribution in [-0.4, -0.2) is 11.1 Å². The van der Waals surface area contributed by atoms with Crippen LogP contribution < -0.4 is 5.32 Å². The van der Waals surface area contributed by atoms with Crippen molar-refractivity contribution in [1.82, 2.24) is 5.32 Å². The standard InChI is InChI=1S/C13H13NO2S/c15-13(16)12(11-7-4-8-17-11)14-9-10-5-2-1-3-6-10/h1-8,12,14H,9H2,(H,15,16). The van der Waals surface area contributed by atoms with Crippen molar-refractivity contribution in [3.05, 3.63) is 58.3 Å². The predicted octanol–water partition coefficient (Wildman–Crippen LogP) is 2.66. The maximum absolute atomic E-state index is 11.2. The van der Waals surface area contributed by atoms with E-state index in [2.05, 4.69) is 5.32 Å². The summed E-state index contributed by atoms with van der Waals surface area (Å²) in [7, 11) is 0. The topological polar surface area (TPSA) is 49.3 Å². The highest BCUT2D eigenvalue weighted by Gasteiger charge is 2.19. The quantitative estimate of drug-likeness (QED) is 0.854. The van der Waals surface area contributed by atoms with E-state index >= 15 is 0 Å². The van der Waals surface area contributed by atoms with Gasteiger partial charge in [-0.2, -0.15) is 0 Å². The molecule has 88 valence electrons. The van der Waals surface area contributed by atoms with E-state index < -0.39 is 12.0 Å². The van der Waals surface area contributed by atoms with Crippen molar-refractivity contribution in [2.45, 2.75) is 12.6 Å². The molecule has 0 bridgehead atoms. The van der Waals surface area contributed by atoms with Gasteiger partial charge in [0.05, 0.1) is 0 Å². The molecule has 3 nitrogen and oxygen atoms in total. The Bertz CT molecular complexity index is 467. The van der Waals surface area contributed by atoms with Crippen LogP contribution in [-0.2, 0) is 11.3 Å². The second-order valence-corrected chi connectivity index (χ2v) is 4.63. The van der Waals surface area contributed by atoms with E-state index in [1.807, 2.05) is 47.8 Å². The fourth-order valence-electron chi connectivity index (χ4n) is 1.58. The van der Waals surface area contributed by atoms with Gasteiger partial charge in [0.1, 0.15) is 6.04 Å². The number of benzene rings is 1. The Morgan fingerprint density at radius 1 is 1.24 bits per heavy atom. The van der Waals surface area contributed by atoms with Gasteiger partial charge >= 0.3 is 5.97 Å². The van der Waals surface area contributed by atoms with Gasteiger partial charge in [-0.3, -0.25) is 10.1 Å². The number of aliphatic carboxylic acids is 1. The Hall–Kier alpha value is -1.65. The average molecular weight is 247 g/mol. The van der Waals surface area contributed by atoms with Gasteiger partial charge in [0.15, 0.2) is 0 Å². The molecule has 0 aliphatic heterocycles. The molecule has 2 rings (SSSR count). The zero-order valence-electron chi connectivity index (χ0n) is 9.17. The lowest BCUT2D eigenvalue weighted by atomic mass is 10.2. The molecule has 2 aromatic rings. The molecule has 1 heterocycles. The minimum Gasteiger partial charge on any atom is -0.480 e. The van der Waals surface area contributed by atoms with E-state index in [1.54, 1.807) is 0 Å². The van der Waals surface area contributed by atoms with Crippen LogP contribution in [0, 0.1) is 0 Å². The third kappa shape index (κ3) is 3.15. The lowest BCUT2D eigenvalue weighted by Crippen LogP contribution is -2.27. The molecule has 2 N–H and O–H groups in total. The third-order valence-electron chi connectivity index (χ3n) is 2.43. The monoisotopic (exact) mass is 247 g/mol. The molecule has 0 spiro atoms. The Kier molecular flexibility index (Phi) is 3.90. The molecular weight excluding hydrogens is 234 g/mol. The molecule has 0 saturated heterocycles. The Morgan fingerprint density at radius 2 is 2.00 bits per heavy atom. The summed E-state index contributed by atoms with van der Waals surface area (Å²) in [5, 5.41) is 14.1. The van der Waals surface area contributed by atoms with Crippen molar-refractivity contribution in [3.8, 4) is 0 Å². The molecule has 0 fully saturated rings. The summed E-state index contributed by atoms with van der Waals surface area (Å²) >= 11 is 1.45. The number of hydrogen-bond donors (Lipinski definition) is 2. The second-order valence-electron chi connectivity index (χ2n) is 3.65. The zero-order valence-corrected chi connectivity index (χ0v) is 9.98. The second kappa shape index (κ2) is 5.61. The van der Waals surface area contributed by atoms with Gasteiger partial charge in [0, 0.05) is 11.4 Å². The highest BCUT2D eigenvalue weighted by Crippen LogP contribution is 2.19. The van der Waals surface area contributed by atoms with E-state index in [1.165, 1.54) is 11.3 Å². The Balaban J connectivity index is 2.03. The first kappa shape index (κ1) is 11.8. The molecule has 0 aliphatic rings. The molecule has 0 amide bonds. The smallest absolute Gasteiger partial charge is 0.326 e. The summed E-state index contributed by atoms with van der Waals surface area (Å²) in [6, 6.07) is 12.8. The molecule has 1 atom stereocenters. The van der Waals surface area contributed by atoms with Crippen LogP contribution in [0.4, 0.5) is 0 Å². The van der Waals surface area contributed by atoms with Crippen molar-refractivity contribution < 1.29 is 9.90 Å². The molecule has 0 radical (unpaired) electrons. The van der Waals surface area contributed by atoms with Gasteiger partial charge < -0.3 is 5.11 Å². The predicted molar refractivity (Wildman–Crippen MR) is 68.0 cm³/mol. The number of rotatable bonds is 5. The maximum atomic E-state index is 11.2. The highest BCUT2D eigenvalue weighted by molar-refractivity contribution is 7.10. The summed E-state index contributed by atoms with van der Waals surface area (Å²) in [5.74, 6) is -0.844. The van der Waals surface area contributed by atoms with Crippen LogP contribution in [0.5, 0.6) is 0 Å². The Morgan fingerprint density at radius 3 is 2.59 bits per heavy atom. The SMILES string of the molecule is O=C(O)C(NCc1ccccc1)c1cccs1. The lowest BCUT2D eigenvalue weighted by molar-refractivity contribution is -0.139. The van der Waals surface area contributed by atoms with Gasteiger partial charge in [-0.15, -0.1) is 11.3 Å². The normalized spacial score (nSPS) is 12.2. The Labute approximate surface area is 104 Å². The minimum atomic E-state index is -0.844. The van der Waals surface area contributed by atoms with Crippen LogP contribution in [0.3, 0.4) is 0 Å². The molecule has 0 saturated carbocycles. The number of hydrogen-bond acceptors (Lipinski definition) is 3. The third-order valence-corrected chi connectivity index (χ3v) is 3.36. The van der Waals surface area contributed by atoms with Crippen LogP contribution in [0.2, 0.25) is 0 Å². The number of nitrogens with one attached hydrogen (secondary N) is 1. The summed E-state index contributed by atoms with van der Waals surface area (Å²) in [4.78, 5) is 12.0. The lowest BCUT2D eigenvalue weighted by Gasteiger charge is -2.12.